The van der Waals surface area contributed by atoms with Gasteiger partial charge in [-0.25, -0.2) is 10.3 Å². The molecule has 0 fully saturated rings. The Hall–Kier alpha value is -3.97. The van der Waals surface area contributed by atoms with E-state index >= 15 is 0 Å². The van der Waals surface area contributed by atoms with Gasteiger partial charge in [0.15, 0.2) is 0 Å². The SMILES string of the molecule is Cc1ccc2c(=O)n(CCc3ccccc3)c(=O)n(Cc3ccc(C(=O)NO)cc3)c2c1. The fourth-order valence-electron chi connectivity index (χ4n) is 3.77. The average molecular weight is 429 g/mol. The summed E-state index contributed by atoms with van der Waals surface area (Å²) >= 11 is 0. The van der Waals surface area contributed by atoms with E-state index in [1.807, 2.05) is 49.4 Å². The van der Waals surface area contributed by atoms with Gasteiger partial charge in [0, 0.05) is 12.1 Å². The number of hydrogen-bond acceptors (Lipinski definition) is 4. The lowest BCUT2D eigenvalue weighted by molar-refractivity contribution is 0.0706. The number of aromatic nitrogens is 2. The van der Waals surface area contributed by atoms with Crippen molar-refractivity contribution in [2.75, 3.05) is 0 Å². The van der Waals surface area contributed by atoms with Crippen molar-refractivity contribution < 1.29 is 10.0 Å². The predicted molar refractivity (Wildman–Crippen MR) is 122 cm³/mol. The van der Waals surface area contributed by atoms with Crippen LogP contribution in [-0.2, 0) is 19.5 Å². The minimum Gasteiger partial charge on any atom is -0.289 e. The maximum Gasteiger partial charge on any atom is 0.331 e. The molecule has 0 atom stereocenters. The molecule has 0 saturated carbocycles. The van der Waals surface area contributed by atoms with Crippen molar-refractivity contribution in [2.24, 2.45) is 0 Å². The number of aryl methyl sites for hydroxylation is 2. The molecule has 0 spiro atoms. The Bertz CT molecular complexity index is 1390. The second-order valence-corrected chi connectivity index (χ2v) is 7.72. The number of nitrogens with one attached hydrogen (secondary N) is 1. The highest BCUT2D eigenvalue weighted by molar-refractivity contribution is 5.93. The largest absolute Gasteiger partial charge is 0.331 e. The van der Waals surface area contributed by atoms with Crippen LogP contribution in [0.25, 0.3) is 10.9 Å². The molecule has 0 unspecified atom stereocenters. The summed E-state index contributed by atoms with van der Waals surface area (Å²) in [6, 6.07) is 21.8. The van der Waals surface area contributed by atoms with Crippen LogP contribution in [0.1, 0.15) is 27.0 Å². The molecule has 7 heteroatoms. The normalized spacial score (nSPS) is 10.9. The van der Waals surface area contributed by atoms with Crippen molar-refractivity contribution in [1.82, 2.24) is 14.6 Å². The van der Waals surface area contributed by atoms with Crippen LogP contribution in [0.2, 0.25) is 0 Å². The van der Waals surface area contributed by atoms with Gasteiger partial charge in [-0.2, -0.15) is 0 Å². The first-order valence-corrected chi connectivity index (χ1v) is 10.3. The molecule has 0 aliphatic rings. The van der Waals surface area contributed by atoms with E-state index in [1.54, 1.807) is 40.4 Å². The third-order valence-electron chi connectivity index (χ3n) is 5.51. The second kappa shape index (κ2) is 9.03. The number of nitrogens with zero attached hydrogens (tertiary/aromatic N) is 2. The molecule has 2 N–H and O–H groups in total. The number of fused-ring (bicyclic) bond motifs is 1. The lowest BCUT2D eigenvalue weighted by Gasteiger charge is -2.15. The summed E-state index contributed by atoms with van der Waals surface area (Å²) in [6.07, 6.45) is 0.568. The topological polar surface area (TPSA) is 93.3 Å². The second-order valence-electron chi connectivity index (χ2n) is 7.72. The van der Waals surface area contributed by atoms with Gasteiger partial charge in [0.25, 0.3) is 11.5 Å². The quantitative estimate of drug-likeness (QED) is 0.364. The van der Waals surface area contributed by atoms with E-state index in [1.165, 1.54) is 4.57 Å². The molecule has 4 rings (SSSR count). The van der Waals surface area contributed by atoms with Crippen LogP contribution in [0.3, 0.4) is 0 Å². The third kappa shape index (κ3) is 4.24. The molecule has 4 aromatic rings. The minimum atomic E-state index is -0.607. The van der Waals surface area contributed by atoms with Crippen molar-refractivity contribution in [3.63, 3.8) is 0 Å². The molecule has 32 heavy (non-hydrogen) atoms. The molecular weight excluding hydrogens is 406 g/mol. The summed E-state index contributed by atoms with van der Waals surface area (Å²) in [5.41, 5.74) is 4.59. The smallest absolute Gasteiger partial charge is 0.289 e. The Kier molecular flexibility index (Phi) is 6.00. The minimum absolute atomic E-state index is 0.241. The number of amides is 1. The van der Waals surface area contributed by atoms with E-state index in [0.29, 0.717) is 22.9 Å². The van der Waals surface area contributed by atoms with Gasteiger partial charge >= 0.3 is 5.69 Å². The van der Waals surface area contributed by atoms with Crippen molar-refractivity contribution in [2.45, 2.75) is 26.4 Å². The molecule has 0 aliphatic carbocycles. The van der Waals surface area contributed by atoms with E-state index in [4.69, 9.17) is 5.21 Å². The van der Waals surface area contributed by atoms with Crippen LogP contribution in [0.4, 0.5) is 0 Å². The van der Waals surface area contributed by atoms with E-state index < -0.39 is 5.91 Å². The van der Waals surface area contributed by atoms with Gasteiger partial charge in [-0.3, -0.25) is 23.9 Å². The predicted octanol–water partition coefficient (Wildman–Crippen LogP) is 2.88. The van der Waals surface area contributed by atoms with Gasteiger partial charge in [-0.05, 0) is 54.3 Å². The summed E-state index contributed by atoms with van der Waals surface area (Å²) in [4.78, 5) is 38.1. The first-order chi connectivity index (χ1) is 15.5. The first kappa shape index (κ1) is 21.3. The summed E-state index contributed by atoms with van der Waals surface area (Å²) in [6.45, 7) is 2.43. The third-order valence-corrected chi connectivity index (χ3v) is 5.51. The van der Waals surface area contributed by atoms with Crippen molar-refractivity contribution in [3.8, 4) is 0 Å². The molecular formula is C25H23N3O4. The van der Waals surface area contributed by atoms with Gasteiger partial charge in [0.05, 0.1) is 17.4 Å². The zero-order valence-electron chi connectivity index (χ0n) is 17.6. The van der Waals surface area contributed by atoms with Crippen LogP contribution in [0, 0.1) is 6.92 Å². The van der Waals surface area contributed by atoms with Crippen molar-refractivity contribution in [3.05, 3.63) is 116 Å². The Morgan fingerprint density at radius 3 is 2.31 bits per heavy atom. The molecule has 162 valence electrons. The summed E-state index contributed by atoms with van der Waals surface area (Å²) in [5.74, 6) is -0.607. The maximum absolute atomic E-state index is 13.4. The van der Waals surface area contributed by atoms with Gasteiger partial charge in [-0.15, -0.1) is 0 Å². The maximum atomic E-state index is 13.4. The lowest BCUT2D eigenvalue weighted by Crippen LogP contribution is -2.40. The van der Waals surface area contributed by atoms with Gasteiger partial charge < -0.3 is 0 Å². The Balaban J connectivity index is 1.78. The van der Waals surface area contributed by atoms with Crippen LogP contribution in [0.15, 0.2) is 82.4 Å². The first-order valence-electron chi connectivity index (χ1n) is 10.3. The Morgan fingerprint density at radius 2 is 1.62 bits per heavy atom. The zero-order valence-corrected chi connectivity index (χ0v) is 17.6. The van der Waals surface area contributed by atoms with E-state index in [0.717, 1.165) is 16.7 Å². The fraction of sp³-hybridized carbons (Fsp3) is 0.160. The summed E-state index contributed by atoms with van der Waals surface area (Å²) in [5, 5.41) is 9.27. The molecule has 1 amide bonds. The standard InChI is InChI=1S/C25H23N3O4/c1-17-7-12-21-22(15-17)28(16-19-8-10-20(11-9-19)23(29)26-32)25(31)27(24(21)30)14-13-18-5-3-2-4-6-18/h2-12,15,32H,13-14,16H2,1H3,(H,26,29). The van der Waals surface area contributed by atoms with Crippen LogP contribution < -0.4 is 16.7 Å². The number of hydrogen-bond donors (Lipinski definition) is 2. The van der Waals surface area contributed by atoms with Gasteiger partial charge in [0.2, 0.25) is 0 Å². The number of hydroxylamine groups is 1. The monoisotopic (exact) mass is 429 g/mol. The van der Waals surface area contributed by atoms with E-state index in [2.05, 4.69) is 0 Å². The van der Waals surface area contributed by atoms with Crippen LogP contribution in [0.5, 0.6) is 0 Å². The number of carbonyl (C=O) groups excluding carboxylic acids is 1. The molecule has 1 heterocycles. The lowest BCUT2D eigenvalue weighted by atomic mass is 10.1. The fourth-order valence-corrected chi connectivity index (χ4v) is 3.77. The van der Waals surface area contributed by atoms with Crippen molar-refractivity contribution >= 4 is 16.8 Å². The zero-order chi connectivity index (χ0) is 22.7. The van der Waals surface area contributed by atoms with Gasteiger partial charge in [-0.1, -0.05) is 48.5 Å². The highest BCUT2D eigenvalue weighted by Crippen LogP contribution is 2.14. The summed E-state index contributed by atoms with van der Waals surface area (Å²) < 4.78 is 2.88. The Labute approximate surface area is 184 Å². The van der Waals surface area contributed by atoms with Crippen molar-refractivity contribution in [1.29, 1.82) is 0 Å². The highest BCUT2D eigenvalue weighted by atomic mass is 16.5. The van der Waals surface area contributed by atoms with Gasteiger partial charge in [0.1, 0.15) is 0 Å². The molecule has 3 aromatic carbocycles. The van der Waals surface area contributed by atoms with Crippen LogP contribution in [-0.4, -0.2) is 20.2 Å². The molecule has 7 nitrogen and oxygen atoms in total. The number of carbonyl (C=O) groups is 1. The number of rotatable bonds is 6. The Morgan fingerprint density at radius 1 is 0.906 bits per heavy atom. The average Bonchev–Trinajstić information content (AvgIpc) is 2.82. The number of benzene rings is 3. The molecule has 0 saturated heterocycles. The molecule has 1 aromatic heterocycles. The van der Waals surface area contributed by atoms with Crippen LogP contribution >= 0.6 is 0 Å². The van der Waals surface area contributed by atoms with E-state index in [9.17, 15) is 14.4 Å². The molecule has 0 bridgehead atoms. The molecule has 0 radical (unpaired) electrons. The highest BCUT2D eigenvalue weighted by Gasteiger charge is 2.14. The van der Waals surface area contributed by atoms with E-state index in [-0.39, 0.29) is 24.3 Å². The summed E-state index contributed by atoms with van der Waals surface area (Å²) in [7, 11) is 0. The molecule has 0 aliphatic heterocycles.